The highest BCUT2D eigenvalue weighted by molar-refractivity contribution is 7.03. The lowest BCUT2D eigenvalue weighted by Crippen LogP contribution is -1.97. The predicted octanol–water partition coefficient (Wildman–Crippen LogP) is 1.16. The van der Waals surface area contributed by atoms with Gasteiger partial charge in [-0.2, -0.15) is 4.37 Å². The van der Waals surface area contributed by atoms with Crippen molar-refractivity contribution in [2.24, 2.45) is 5.73 Å². The lowest BCUT2D eigenvalue weighted by molar-refractivity contribution is 0.985. The first-order valence-corrected chi connectivity index (χ1v) is 3.84. The summed E-state index contributed by atoms with van der Waals surface area (Å²) < 4.78 is 4.17. The summed E-state index contributed by atoms with van der Waals surface area (Å²) in [5, 5.41) is 2.01. The fraction of sp³-hybridized carbons (Fsp3) is 0.500. The van der Waals surface area contributed by atoms with E-state index >= 15 is 0 Å². The molecule has 0 saturated heterocycles. The first kappa shape index (κ1) is 6.71. The van der Waals surface area contributed by atoms with Crippen LogP contribution in [0.1, 0.15) is 18.2 Å². The summed E-state index contributed by atoms with van der Waals surface area (Å²) in [7, 11) is 0. The molecule has 3 heteroatoms. The van der Waals surface area contributed by atoms with Gasteiger partial charge in [0.25, 0.3) is 0 Å². The summed E-state index contributed by atoms with van der Waals surface area (Å²) in [6.07, 6.45) is 0.996. The SMILES string of the molecule is CCc1nscc1CN. The van der Waals surface area contributed by atoms with Crippen LogP contribution in [0.2, 0.25) is 0 Å². The fourth-order valence-electron chi connectivity index (χ4n) is 0.738. The van der Waals surface area contributed by atoms with Gasteiger partial charge in [0.05, 0.1) is 5.69 Å². The Morgan fingerprint density at radius 1 is 1.78 bits per heavy atom. The van der Waals surface area contributed by atoms with Gasteiger partial charge in [0.15, 0.2) is 0 Å². The minimum Gasteiger partial charge on any atom is -0.326 e. The Morgan fingerprint density at radius 2 is 2.56 bits per heavy atom. The number of rotatable bonds is 2. The van der Waals surface area contributed by atoms with E-state index in [0.29, 0.717) is 6.54 Å². The van der Waals surface area contributed by atoms with E-state index in [1.54, 1.807) is 0 Å². The van der Waals surface area contributed by atoms with Crippen molar-refractivity contribution in [3.05, 3.63) is 16.6 Å². The van der Waals surface area contributed by atoms with Crippen LogP contribution in [0.4, 0.5) is 0 Å². The molecule has 1 aromatic heterocycles. The molecule has 0 fully saturated rings. The normalized spacial score (nSPS) is 10.0. The summed E-state index contributed by atoms with van der Waals surface area (Å²) in [5.74, 6) is 0. The molecule has 2 N–H and O–H groups in total. The summed E-state index contributed by atoms with van der Waals surface area (Å²) in [6, 6.07) is 0. The zero-order chi connectivity index (χ0) is 6.69. The average molecular weight is 142 g/mol. The molecule has 0 aliphatic rings. The molecule has 0 aliphatic heterocycles. The van der Waals surface area contributed by atoms with Crippen molar-refractivity contribution in [1.29, 1.82) is 0 Å². The maximum Gasteiger partial charge on any atom is 0.0584 e. The maximum absolute atomic E-state index is 5.44. The molecule has 9 heavy (non-hydrogen) atoms. The van der Waals surface area contributed by atoms with E-state index in [0.717, 1.165) is 12.1 Å². The molecule has 0 radical (unpaired) electrons. The van der Waals surface area contributed by atoms with Crippen molar-refractivity contribution in [2.75, 3.05) is 0 Å². The van der Waals surface area contributed by atoms with Crippen LogP contribution in [-0.4, -0.2) is 4.37 Å². The van der Waals surface area contributed by atoms with Crippen LogP contribution >= 0.6 is 11.5 Å². The van der Waals surface area contributed by atoms with Crippen LogP contribution in [0.15, 0.2) is 5.38 Å². The highest BCUT2D eigenvalue weighted by atomic mass is 32.1. The molecular weight excluding hydrogens is 132 g/mol. The Morgan fingerprint density at radius 3 is 3.00 bits per heavy atom. The van der Waals surface area contributed by atoms with E-state index in [-0.39, 0.29) is 0 Å². The van der Waals surface area contributed by atoms with E-state index < -0.39 is 0 Å². The van der Waals surface area contributed by atoms with Crippen LogP contribution in [0.3, 0.4) is 0 Å². The van der Waals surface area contributed by atoms with Crippen LogP contribution < -0.4 is 5.73 Å². The van der Waals surface area contributed by atoms with Crippen molar-refractivity contribution < 1.29 is 0 Å². The molecule has 0 spiro atoms. The minimum atomic E-state index is 0.625. The van der Waals surface area contributed by atoms with Crippen molar-refractivity contribution >= 4 is 11.5 Å². The molecule has 0 aliphatic carbocycles. The Balaban J connectivity index is 2.85. The lowest BCUT2D eigenvalue weighted by Gasteiger charge is -1.91. The Labute approximate surface area is 58.9 Å². The summed E-state index contributed by atoms with van der Waals surface area (Å²) in [5.41, 5.74) is 7.79. The molecule has 0 saturated carbocycles. The summed E-state index contributed by atoms with van der Waals surface area (Å²) >= 11 is 1.49. The summed E-state index contributed by atoms with van der Waals surface area (Å²) in [6.45, 7) is 2.72. The number of hydrogen-bond acceptors (Lipinski definition) is 3. The van der Waals surface area contributed by atoms with Crippen LogP contribution in [0.5, 0.6) is 0 Å². The zero-order valence-electron chi connectivity index (χ0n) is 5.42. The largest absolute Gasteiger partial charge is 0.326 e. The molecule has 0 bridgehead atoms. The van der Waals surface area contributed by atoms with Gasteiger partial charge in [-0.25, -0.2) is 0 Å². The van der Waals surface area contributed by atoms with E-state index in [9.17, 15) is 0 Å². The van der Waals surface area contributed by atoms with Gasteiger partial charge in [0, 0.05) is 11.9 Å². The second kappa shape index (κ2) is 2.94. The number of hydrogen-bond donors (Lipinski definition) is 1. The number of aryl methyl sites for hydroxylation is 1. The smallest absolute Gasteiger partial charge is 0.0584 e. The zero-order valence-corrected chi connectivity index (χ0v) is 6.24. The lowest BCUT2D eigenvalue weighted by atomic mass is 10.2. The van der Waals surface area contributed by atoms with Crippen molar-refractivity contribution in [3.8, 4) is 0 Å². The predicted molar refractivity (Wildman–Crippen MR) is 39.4 cm³/mol. The third-order valence-corrected chi connectivity index (χ3v) is 2.00. The van der Waals surface area contributed by atoms with Crippen molar-refractivity contribution in [3.63, 3.8) is 0 Å². The molecule has 0 atom stereocenters. The molecule has 0 aromatic carbocycles. The first-order chi connectivity index (χ1) is 4.38. The number of nitrogens with two attached hydrogens (primary N) is 1. The average Bonchev–Trinajstić information content (AvgIpc) is 2.33. The van der Waals surface area contributed by atoms with Crippen molar-refractivity contribution in [1.82, 2.24) is 4.37 Å². The van der Waals surface area contributed by atoms with Gasteiger partial charge in [0.2, 0.25) is 0 Å². The van der Waals surface area contributed by atoms with Gasteiger partial charge in [-0.1, -0.05) is 6.92 Å². The van der Waals surface area contributed by atoms with Gasteiger partial charge < -0.3 is 5.73 Å². The van der Waals surface area contributed by atoms with E-state index in [2.05, 4.69) is 11.3 Å². The topological polar surface area (TPSA) is 38.9 Å². The molecule has 0 unspecified atom stereocenters. The van der Waals surface area contributed by atoms with Crippen molar-refractivity contribution in [2.45, 2.75) is 19.9 Å². The molecule has 2 nitrogen and oxygen atoms in total. The molecule has 1 heterocycles. The standard InChI is InChI=1S/C6H10N2S/c1-2-6-5(3-7)4-9-8-6/h4H,2-3,7H2,1H3. The van der Waals surface area contributed by atoms with E-state index in [1.165, 1.54) is 17.1 Å². The van der Waals surface area contributed by atoms with Gasteiger partial charge in [-0.3, -0.25) is 0 Å². The molecular formula is C6H10N2S. The first-order valence-electron chi connectivity index (χ1n) is 3.00. The quantitative estimate of drug-likeness (QED) is 0.673. The Bertz CT molecular complexity index is 164. The van der Waals surface area contributed by atoms with E-state index in [1.807, 2.05) is 5.38 Å². The van der Waals surface area contributed by atoms with Crippen LogP contribution in [0.25, 0.3) is 0 Å². The third-order valence-electron chi connectivity index (χ3n) is 1.28. The van der Waals surface area contributed by atoms with Gasteiger partial charge in [-0.15, -0.1) is 0 Å². The van der Waals surface area contributed by atoms with E-state index in [4.69, 9.17) is 5.73 Å². The molecule has 0 amide bonds. The highest BCUT2D eigenvalue weighted by Gasteiger charge is 1.98. The van der Waals surface area contributed by atoms with Gasteiger partial charge in [-0.05, 0) is 23.5 Å². The molecule has 50 valence electrons. The second-order valence-corrected chi connectivity index (χ2v) is 2.47. The Hall–Kier alpha value is -0.410. The second-order valence-electron chi connectivity index (χ2n) is 1.84. The van der Waals surface area contributed by atoms with Crippen LogP contribution in [-0.2, 0) is 13.0 Å². The molecule has 1 aromatic rings. The van der Waals surface area contributed by atoms with Crippen LogP contribution in [0, 0.1) is 0 Å². The monoisotopic (exact) mass is 142 g/mol. The highest BCUT2D eigenvalue weighted by Crippen LogP contribution is 2.09. The third kappa shape index (κ3) is 1.28. The van der Waals surface area contributed by atoms with Gasteiger partial charge in [0.1, 0.15) is 0 Å². The summed E-state index contributed by atoms with van der Waals surface area (Å²) in [4.78, 5) is 0. The number of aromatic nitrogens is 1. The number of nitrogens with zero attached hydrogens (tertiary/aromatic N) is 1. The van der Waals surface area contributed by atoms with Gasteiger partial charge >= 0.3 is 0 Å². The molecule has 1 rings (SSSR count). The Kier molecular flexibility index (Phi) is 2.19. The fourth-order valence-corrected chi connectivity index (χ4v) is 1.52. The minimum absolute atomic E-state index is 0.625. The maximum atomic E-state index is 5.44.